The van der Waals surface area contributed by atoms with Gasteiger partial charge in [-0.15, -0.1) is 0 Å². The average molecular weight is 321 g/mol. The average Bonchev–Trinajstić information content (AvgIpc) is 3.02. The first kappa shape index (κ1) is 14.9. The van der Waals surface area contributed by atoms with Gasteiger partial charge in [0.1, 0.15) is 17.2 Å². The van der Waals surface area contributed by atoms with Crippen LogP contribution in [0, 0.1) is 5.92 Å². The van der Waals surface area contributed by atoms with Gasteiger partial charge in [-0.2, -0.15) is 0 Å². The second-order valence-corrected chi connectivity index (χ2v) is 5.98. The maximum atomic E-state index is 12.7. The summed E-state index contributed by atoms with van der Waals surface area (Å²) in [6, 6.07) is 15.8. The zero-order valence-electron chi connectivity index (χ0n) is 13.3. The largest absolute Gasteiger partial charge is 0.381 e. The zero-order chi connectivity index (χ0) is 16.4. The number of hydrogen-bond acceptors (Lipinski definition) is 3. The fourth-order valence-electron chi connectivity index (χ4n) is 3.09. The van der Waals surface area contributed by atoms with Crippen LogP contribution in [-0.2, 0) is 9.53 Å². The third-order valence-electron chi connectivity index (χ3n) is 4.41. The lowest BCUT2D eigenvalue weighted by atomic mass is 9.99. The maximum Gasteiger partial charge on any atom is 0.228 e. The Labute approximate surface area is 140 Å². The van der Waals surface area contributed by atoms with Crippen LogP contribution in [0.15, 0.2) is 54.7 Å². The highest BCUT2D eigenvalue weighted by atomic mass is 16.5. The van der Waals surface area contributed by atoms with Crippen LogP contribution in [0.2, 0.25) is 0 Å². The van der Waals surface area contributed by atoms with Gasteiger partial charge >= 0.3 is 0 Å². The van der Waals surface area contributed by atoms with Gasteiger partial charge in [0.05, 0.1) is 0 Å². The van der Waals surface area contributed by atoms with Crippen LogP contribution in [0.4, 0.5) is 5.82 Å². The van der Waals surface area contributed by atoms with E-state index in [0.29, 0.717) is 13.2 Å². The molecule has 122 valence electrons. The minimum atomic E-state index is -0.00312. The molecular formula is C19H19N3O2. The molecule has 1 saturated heterocycles. The molecule has 3 heterocycles. The van der Waals surface area contributed by atoms with Gasteiger partial charge in [0.15, 0.2) is 0 Å². The van der Waals surface area contributed by atoms with Crippen molar-refractivity contribution in [3.8, 4) is 11.3 Å². The number of pyridine rings is 1. The van der Waals surface area contributed by atoms with Gasteiger partial charge in [0.2, 0.25) is 5.91 Å². The molecule has 0 unspecified atom stereocenters. The summed E-state index contributed by atoms with van der Waals surface area (Å²) in [5, 5.41) is 3.11. The number of amides is 1. The molecule has 24 heavy (non-hydrogen) atoms. The van der Waals surface area contributed by atoms with Crippen molar-refractivity contribution in [3.63, 3.8) is 0 Å². The SMILES string of the molecule is O=C(Nc1c(-c2ccccc2)nc2ccccn12)C1CCOCC1. The van der Waals surface area contributed by atoms with E-state index in [4.69, 9.17) is 9.72 Å². The monoisotopic (exact) mass is 321 g/mol. The van der Waals surface area contributed by atoms with Gasteiger partial charge in [-0.05, 0) is 25.0 Å². The molecule has 0 bridgehead atoms. The number of nitrogens with zero attached hydrogens (tertiary/aromatic N) is 2. The number of carbonyl (C=O) groups is 1. The quantitative estimate of drug-likeness (QED) is 0.805. The normalized spacial score (nSPS) is 15.5. The molecule has 1 aliphatic rings. The van der Waals surface area contributed by atoms with Crippen LogP contribution in [0.3, 0.4) is 0 Å². The standard InChI is InChI=1S/C19H19N3O2/c23-19(15-9-12-24-13-10-15)21-18-17(14-6-2-1-3-7-14)20-16-8-4-5-11-22(16)18/h1-8,11,15H,9-10,12-13H2,(H,21,23). The summed E-state index contributed by atoms with van der Waals surface area (Å²) >= 11 is 0. The lowest BCUT2D eigenvalue weighted by Crippen LogP contribution is -2.29. The fraction of sp³-hybridized carbons (Fsp3) is 0.263. The molecule has 1 aromatic carbocycles. The molecule has 0 atom stereocenters. The van der Waals surface area contributed by atoms with Crippen LogP contribution in [0.5, 0.6) is 0 Å². The Kier molecular flexibility index (Phi) is 4.01. The Bertz CT molecular complexity index is 851. The number of aromatic nitrogens is 2. The number of hydrogen-bond donors (Lipinski definition) is 1. The van der Waals surface area contributed by atoms with Crippen LogP contribution in [0.25, 0.3) is 16.9 Å². The minimum absolute atomic E-state index is 0.00312. The number of fused-ring (bicyclic) bond motifs is 1. The fourth-order valence-corrected chi connectivity index (χ4v) is 3.09. The number of rotatable bonds is 3. The van der Waals surface area contributed by atoms with E-state index in [1.165, 1.54) is 0 Å². The van der Waals surface area contributed by atoms with E-state index < -0.39 is 0 Å². The Balaban J connectivity index is 1.74. The van der Waals surface area contributed by atoms with Crippen molar-refractivity contribution >= 4 is 17.4 Å². The topological polar surface area (TPSA) is 55.6 Å². The molecule has 2 aromatic heterocycles. The van der Waals surface area contributed by atoms with E-state index in [1.807, 2.05) is 59.1 Å². The molecule has 1 amide bonds. The Hall–Kier alpha value is -2.66. The van der Waals surface area contributed by atoms with E-state index in [2.05, 4.69) is 5.32 Å². The molecule has 4 rings (SSSR count). The first-order valence-corrected chi connectivity index (χ1v) is 8.24. The molecule has 3 aromatic rings. The molecule has 0 aliphatic carbocycles. The summed E-state index contributed by atoms with van der Waals surface area (Å²) in [7, 11) is 0. The molecule has 1 aliphatic heterocycles. The summed E-state index contributed by atoms with van der Waals surface area (Å²) in [6.07, 6.45) is 3.46. The molecule has 5 nitrogen and oxygen atoms in total. The second-order valence-electron chi connectivity index (χ2n) is 5.98. The van der Waals surface area contributed by atoms with E-state index in [-0.39, 0.29) is 11.8 Å². The van der Waals surface area contributed by atoms with E-state index in [0.717, 1.165) is 35.6 Å². The van der Waals surface area contributed by atoms with Crippen LogP contribution in [0.1, 0.15) is 12.8 Å². The van der Waals surface area contributed by atoms with Crippen molar-refractivity contribution in [2.24, 2.45) is 5.92 Å². The minimum Gasteiger partial charge on any atom is -0.381 e. The maximum absolute atomic E-state index is 12.7. The van der Waals surface area contributed by atoms with Gasteiger partial charge in [-0.3, -0.25) is 9.20 Å². The van der Waals surface area contributed by atoms with Gasteiger partial charge in [0, 0.05) is 30.9 Å². The highest BCUT2D eigenvalue weighted by Gasteiger charge is 2.24. The molecule has 0 saturated carbocycles. The van der Waals surface area contributed by atoms with Crippen molar-refractivity contribution in [2.75, 3.05) is 18.5 Å². The zero-order valence-corrected chi connectivity index (χ0v) is 13.3. The molecule has 0 spiro atoms. The Morgan fingerprint density at radius 3 is 2.62 bits per heavy atom. The number of imidazole rings is 1. The molecule has 0 radical (unpaired) electrons. The number of benzene rings is 1. The summed E-state index contributed by atoms with van der Waals surface area (Å²) in [6.45, 7) is 1.30. The van der Waals surface area contributed by atoms with Crippen LogP contribution in [-0.4, -0.2) is 28.5 Å². The van der Waals surface area contributed by atoms with E-state index >= 15 is 0 Å². The van der Waals surface area contributed by atoms with Crippen molar-refractivity contribution < 1.29 is 9.53 Å². The third-order valence-corrected chi connectivity index (χ3v) is 4.41. The number of anilines is 1. The van der Waals surface area contributed by atoms with Crippen molar-refractivity contribution in [3.05, 3.63) is 54.7 Å². The van der Waals surface area contributed by atoms with Gasteiger partial charge in [-0.1, -0.05) is 36.4 Å². The lowest BCUT2D eigenvalue weighted by molar-refractivity contribution is -0.122. The van der Waals surface area contributed by atoms with E-state index in [9.17, 15) is 4.79 Å². The summed E-state index contributed by atoms with van der Waals surface area (Å²) in [5.74, 6) is 0.770. The number of ether oxygens (including phenoxy) is 1. The summed E-state index contributed by atoms with van der Waals surface area (Å²) in [5.41, 5.74) is 2.60. The van der Waals surface area contributed by atoms with Gasteiger partial charge < -0.3 is 10.1 Å². The van der Waals surface area contributed by atoms with Crippen molar-refractivity contribution in [2.45, 2.75) is 12.8 Å². The van der Waals surface area contributed by atoms with Crippen LogP contribution >= 0.6 is 0 Å². The first-order chi connectivity index (χ1) is 11.8. The summed E-state index contributed by atoms with van der Waals surface area (Å²) in [4.78, 5) is 17.4. The summed E-state index contributed by atoms with van der Waals surface area (Å²) < 4.78 is 7.28. The molecule has 5 heteroatoms. The lowest BCUT2D eigenvalue weighted by Gasteiger charge is -2.21. The highest BCUT2D eigenvalue weighted by molar-refractivity contribution is 5.96. The molecule has 1 fully saturated rings. The van der Waals surface area contributed by atoms with Gasteiger partial charge in [0.25, 0.3) is 0 Å². The number of carbonyl (C=O) groups excluding carboxylic acids is 1. The van der Waals surface area contributed by atoms with E-state index in [1.54, 1.807) is 0 Å². The predicted octanol–water partition coefficient (Wildman–Crippen LogP) is 3.37. The Morgan fingerprint density at radius 1 is 1.08 bits per heavy atom. The van der Waals surface area contributed by atoms with Gasteiger partial charge in [-0.25, -0.2) is 4.98 Å². The smallest absolute Gasteiger partial charge is 0.228 e. The first-order valence-electron chi connectivity index (χ1n) is 8.24. The number of nitrogens with one attached hydrogen (secondary N) is 1. The third kappa shape index (κ3) is 2.78. The molecular weight excluding hydrogens is 302 g/mol. The van der Waals surface area contributed by atoms with Crippen molar-refractivity contribution in [1.82, 2.24) is 9.38 Å². The predicted molar refractivity (Wildman–Crippen MR) is 92.8 cm³/mol. The van der Waals surface area contributed by atoms with Crippen LogP contribution < -0.4 is 5.32 Å². The highest BCUT2D eigenvalue weighted by Crippen LogP contribution is 2.29. The second kappa shape index (κ2) is 6.45. The molecule has 1 N–H and O–H groups in total. The Morgan fingerprint density at radius 2 is 1.83 bits per heavy atom. The van der Waals surface area contributed by atoms with Crippen molar-refractivity contribution in [1.29, 1.82) is 0 Å².